The number of thiophene rings is 1. The van der Waals surface area contributed by atoms with Gasteiger partial charge in [-0.1, -0.05) is 66.7 Å². The summed E-state index contributed by atoms with van der Waals surface area (Å²) in [6.45, 7) is 3.12. The maximum Gasteiger partial charge on any atom is 0.134 e. The van der Waals surface area contributed by atoms with Crippen molar-refractivity contribution in [1.82, 2.24) is 4.90 Å². The van der Waals surface area contributed by atoms with Gasteiger partial charge in [0.25, 0.3) is 0 Å². The highest BCUT2D eigenvalue weighted by Crippen LogP contribution is 2.33. The molecule has 2 nitrogen and oxygen atoms in total. The van der Waals surface area contributed by atoms with Crippen LogP contribution in [0.3, 0.4) is 0 Å². The Morgan fingerprint density at radius 2 is 1.57 bits per heavy atom. The standard InChI is InChI=1S/C25H23NOS/c1-2-9-21-18-26(17-20(21)8-1)15-14-24(25-13-6-16-28-25)27-23-12-5-10-19-7-3-4-11-22(19)23/h1-13,16,24H,14-15,17-18H2. The molecule has 0 fully saturated rings. The maximum atomic E-state index is 6.59. The van der Waals surface area contributed by atoms with Crippen molar-refractivity contribution in [2.24, 2.45) is 0 Å². The van der Waals surface area contributed by atoms with E-state index in [9.17, 15) is 0 Å². The number of rotatable bonds is 6. The number of hydrogen-bond acceptors (Lipinski definition) is 3. The molecule has 1 atom stereocenters. The molecule has 0 bridgehead atoms. The van der Waals surface area contributed by atoms with Gasteiger partial charge in [-0.2, -0.15) is 0 Å². The molecule has 1 aliphatic rings. The van der Waals surface area contributed by atoms with E-state index in [4.69, 9.17) is 4.74 Å². The maximum absolute atomic E-state index is 6.59. The van der Waals surface area contributed by atoms with Gasteiger partial charge < -0.3 is 4.74 Å². The molecule has 0 saturated heterocycles. The van der Waals surface area contributed by atoms with E-state index in [0.717, 1.165) is 31.8 Å². The lowest BCUT2D eigenvalue weighted by Gasteiger charge is -2.22. The molecule has 1 aromatic heterocycles. The number of ether oxygens (including phenoxy) is 1. The van der Waals surface area contributed by atoms with Crippen LogP contribution in [-0.4, -0.2) is 11.4 Å². The third-order valence-corrected chi connectivity index (χ3v) is 6.46. The molecule has 0 amide bonds. The van der Waals surface area contributed by atoms with Crippen molar-refractivity contribution >= 4 is 22.1 Å². The highest BCUT2D eigenvalue weighted by atomic mass is 32.1. The van der Waals surface area contributed by atoms with Gasteiger partial charge in [0, 0.05) is 36.3 Å². The molecule has 5 rings (SSSR count). The van der Waals surface area contributed by atoms with Crippen molar-refractivity contribution in [3.8, 4) is 5.75 Å². The molecule has 140 valence electrons. The van der Waals surface area contributed by atoms with E-state index in [1.165, 1.54) is 26.8 Å². The van der Waals surface area contributed by atoms with Crippen LogP contribution in [0, 0.1) is 0 Å². The first-order valence-corrected chi connectivity index (χ1v) is 10.7. The Balaban J connectivity index is 1.34. The van der Waals surface area contributed by atoms with E-state index >= 15 is 0 Å². The molecule has 3 heteroatoms. The average Bonchev–Trinajstić information content (AvgIpc) is 3.41. The minimum absolute atomic E-state index is 0.0783. The van der Waals surface area contributed by atoms with Crippen molar-refractivity contribution in [2.75, 3.05) is 6.54 Å². The second kappa shape index (κ2) is 7.78. The Morgan fingerprint density at radius 1 is 0.821 bits per heavy atom. The molecule has 28 heavy (non-hydrogen) atoms. The molecule has 1 unspecified atom stereocenters. The van der Waals surface area contributed by atoms with Gasteiger partial charge in [0.1, 0.15) is 11.9 Å². The second-order valence-corrected chi connectivity index (χ2v) is 8.35. The number of fused-ring (bicyclic) bond motifs is 2. The van der Waals surface area contributed by atoms with Gasteiger partial charge in [-0.15, -0.1) is 11.3 Å². The van der Waals surface area contributed by atoms with E-state index in [-0.39, 0.29) is 6.10 Å². The smallest absolute Gasteiger partial charge is 0.134 e. The molecule has 4 aromatic rings. The SMILES string of the molecule is c1csc(C(CCN2Cc3ccccc3C2)Oc2cccc3ccccc23)c1. The molecular formula is C25H23NOS. The lowest BCUT2D eigenvalue weighted by Crippen LogP contribution is -2.21. The Kier molecular flexibility index (Phi) is 4.86. The van der Waals surface area contributed by atoms with Gasteiger partial charge in [-0.25, -0.2) is 0 Å². The van der Waals surface area contributed by atoms with Crippen LogP contribution in [0.15, 0.2) is 84.2 Å². The van der Waals surface area contributed by atoms with Crippen LogP contribution in [0.4, 0.5) is 0 Å². The summed E-state index contributed by atoms with van der Waals surface area (Å²) < 4.78 is 6.59. The molecule has 3 aromatic carbocycles. The molecule has 2 heterocycles. The molecule has 0 aliphatic carbocycles. The second-order valence-electron chi connectivity index (χ2n) is 7.37. The molecule has 0 radical (unpaired) electrons. The Bertz CT molecular complexity index is 1040. The molecule has 0 saturated carbocycles. The van der Waals surface area contributed by atoms with Gasteiger partial charge in [-0.3, -0.25) is 4.90 Å². The van der Waals surface area contributed by atoms with E-state index in [1.807, 2.05) is 0 Å². The van der Waals surface area contributed by atoms with Crippen LogP contribution in [0.1, 0.15) is 28.5 Å². The Hall–Kier alpha value is -2.62. The van der Waals surface area contributed by atoms with Crippen LogP contribution in [-0.2, 0) is 13.1 Å². The van der Waals surface area contributed by atoms with E-state index < -0.39 is 0 Å². The quantitative estimate of drug-likeness (QED) is 0.379. The summed E-state index contributed by atoms with van der Waals surface area (Å²) in [4.78, 5) is 3.82. The highest BCUT2D eigenvalue weighted by molar-refractivity contribution is 7.10. The molecule has 0 spiro atoms. The van der Waals surface area contributed by atoms with E-state index in [2.05, 4.69) is 89.1 Å². The zero-order chi connectivity index (χ0) is 18.8. The average molecular weight is 386 g/mol. The summed E-state index contributed by atoms with van der Waals surface area (Å²) >= 11 is 1.78. The molecule has 1 aliphatic heterocycles. The van der Waals surface area contributed by atoms with Crippen molar-refractivity contribution in [3.05, 3.63) is 100 Å². The van der Waals surface area contributed by atoms with Crippen LogP contribution in [0.25, 0.3) is 10.8 Å². The molecule has 0 N–H and O–H groups in total. The van der Waals surface area contributed by atoms with Crippen LogP contribution in [0.5, 0.6) is 5.75 Å². The van der Waals surface area contributed by atoms with Crippen LogP contribution < -0.4 is 4.74 Å². The van der Waals surface area contributed by atoms with Gasteiger partial charge in [0.05, 0.1) is 0 Å². The first kappa shape index (κ1) is 17.5. The third-order valence-electron chi connectivity index (χ3n) is 5.49. The lowest BCUT2D eigenvalue weighted by molar-refractivity contribution is 0.168. The first-order chi connectivity index (χ1) is 13.9. The van der Waals surface area contributed by atoms with Crippen molar-refractivity contribution < 1.29 is 4.74 Å². The molecular weight excluding hydrogens is 362 g/mol. The summed E-state index contributed by atoms with van der Waals surface area (Å²) in [5.41, 5.74) is 2.93. The van der Waals surface area contributed by atoms with Gasteiger partial charge in [-0.05, 0) is 34.0 Å². The monoisotopic (exact) mass is 385 g/mol. The van der Waals surface area contributed by atoms with Crippen LogP contribution in [0.2, 0.25) is 0 Å². The van der Waals surface area contributed by atoms with Gasteiger partial charge in [0.2, 0.25) is 0 Å². The predicted octanol–water partition coefficient (Wildman–Crippen LogP) is 6.43. The fourth-order valence-electron chi connectivity index (χ4n) is 4.05. The summed E-state index contributed by atoms with van der Waals surface area (Å²) in [5, 5.41) is 4.54. The predicted molar refractivity (Wildman–Crippen MR) is 117 cm³/mol. The van der Waals surface area contributed by atoms with Crippen molar-refractivity contribution in [2.45, 2.75) is 25.6 Å². The normalized spacial score (nSPS) is 14.9. The third kappa shape index (κ3) is 3.56. The summed E-state index contributed by atoms with van der Waals surface area (Å²) in [6, 6.07) is 27.9. The minimum Gasteiger partial charge on any atom is -0.484 e. The lowest BCUT2D eigenvalue weighted by atomic mass is 10.1. The van der Waals surface area contributed by atoms with Crippen molar-refractivity contribution in [1.29, 1.82) is 0 Å². The first-order valence-electron chi connectivity index (χ1n) is 9.84. The summed E-state index contributed by atoms with van der Waals surface area (Å²) in [5.74, 6) is 0.973. The Labute approximate surface area is 170 Å². The summed E-state index contributed by atoms with van der Waals surface area (Å²) in [7, 11) is 0. The van der Waals surface area contributed by atoms with Crippen molar-refractivity contribution in [3.63, 3.8) is 0 Å². The van der Waals surface area contributed by atoms with Crippen LogP contribution >= 0.6 is 11.3 Å². The largest absolute Gasteiger partial charge is 0.484 e. The van der Waals surface area contributed by atoms with Gasteiger partial charge >= 0.3 is 0 Å². The number of hydrogen-bond donors (Lipinski definition) is 0. The number of benzene rings is 3. The Morgan fingerprint density at radius 3 is 2.36 bits per heavy atom. The highest BCUT2D eigenvalue weighted by Gasteiger charge is 2.22. The zero-order valence-corrected chi connectivity index (χ0v) is 16.6. The fraction of sp³-hybridized carbons (Fsp3) is 0.200. The fourth-order valence-corrected chi connectivity index (χ4v) is 4.84. The topological polar surface area (TPSA) is 12.5 Å². The number of nitrogens with zero attached hydrogens (tertiary/aromatic N) is 1. The minimum atomic E-state index is 0.0783. The van der Waals surface area contributed by atoms with E-state index in [1.54, 1.807) is 11.3 Å². The van der Waals surface area contributed by atoms with Gasteiger partial charge in [0.15, 0.2) is 0 Å². The summed E-state index contributed by atoms with van der Waals surface area (Å²) in [6.07, 6.45) is 1.06. The van der Waals surface area contributed by atoms with E-state index in [0.29, 0.717) is 0 Å². The zero-order valence-electron chi connectivity index (χ0n) is 15.8.